The number of likely N-dealkylation sites (tertiary alicyclic amines) is 1. The van der Waals surface area contributed by atoms with Crippen molar-refractivity contribution in [1.29, 1.82) is 0 Å². The quantitative estimate of drug-likeness (QED) is 0.247. The summed E-state index contributed by atoms with van der Waals surface area (Å²) < 4.78 is 57.6. The van der Waals surface area contributed by atoms with Gasteiger partial charge in [-0.25, -0.2) is 9.37 Å². The van der Waals surface area contributed by atoms with Gasteiger partial charge in [0, 0.05) is 50.2 Å². The van der Waals surface area contributed by atoms with Crippen molar-refractivity contribution in [3.8, 4) is 11.6 Å². The number of anilines is 1. The van der Waals surface area contributed by atoms with Crippen LogP contribution >= 0.6 is 0 Å². The average molecular weight is 610 g/mol. The van der Waals surface area contributed by atoms with Crippen molar-refractivity contribution in [1.82, 2.24) is 30.3 Å². The van der Waals surface area contributed by atoms with Crippen LogP contribution in [0.5, 0.6) is 11.6 Å². The number of alkyl halides is 3. The Morgan fingerprint density at radius 3 is 2.58 bits per heavy atom. The molecule has 3 heterocycles. The minimum atomic E-state index is -4.19. The number of nitrogens with one attached hydrogen (secondary N) is 1. The van der Waals surface area contributed by atoms with Gasteiger partial charge in [-0.3, -0.25) is 9.69 Å². The third-order valence-corrected chi connectivity index (χ3v) is 8.41. The highest BCUT2D eigenvalue weighted by molar-refractivity contribution is 5.97. The molecule has 0 bridgehead atoms. The summed E-state index contributed by atoms with van der Waals surface area (Å²) >= 11 is 0. The zero-order chi connectivity index (χ0) is 31.4. The lowest BCUT2D eigenvalue weighted by molar-refractivity contribution is -0.124. The predicted octanol–water partition coefficient (Wildman–Crippen LogP) is 5.14. The number of nitrogens with zero attached hydrogens (tertiary/aromatic N) is 6. The molecular formula is C30H43F4N7O2. The summed E-state index contributed by atoms with van der Waals surface area (Å²) in [5, 5.41) is 10.6. The lowest BCUT2D eigenvalue weighted by Gasteiger charge is -2.53. The molecule has 2 aliphatic rings. The standard InChI is InChI=1S/C30H43F4N7O2/c1-6-41(21(4)5)28(42)23-14-22(31)9-10-25(23)43-27-26(36-19-37-38-27)39-13-11-29(16-39)17-40(18-29)24(20(2)3)8-7-12-35-15-30(32,33)34/h9-10,14,19-21,24,35H,6-8,11-13,15-18H2,1-5H3. The van der Waals surface area contributed by atoms with E-state index in [0.29, 0.717) is 37.3 Å². The molecule has 238 valence electrons. The van der Waals surface area contributed by atoms with Gasteiger partial charge in [0.1, 0.15) is 17.9 Å². The Morgan fingerprint density at radius 2 is 1.93 bits per heavy atom. The van der Waals surface area contributed by atoms with Crippen molar-refractivity contribution in [2.24, 2.45) is 11.3 Å². The first kappa shape index (κ1) is 32.8. The molecule has 1 amide bonds. The van der Waals surface area contributed by atoms with E-state index in [-0.39, 0.29) is 34.6 Å². The number of rotatable bonds is 13. The van der Waals surface area contributed by atoms with E-state index in [4.69, 9.17) is 4.74 Å². The van der Waals surface area contributed by atoms with Crippen molar-refractivity contribution in [3.63, 3.8) is 0 Å². The number of hydrogen-bond donors (Lipinski definition) is 1. The number of carbonyl (C=O) groups excluding carboxylic acids is 1. The minimum Gasteiger partial charge on any atom is -0.434 e. The lowest BCUT2D eigenvalue weighted by Crippen LogP contribution is -2.62. The van der Waals surface area contributed by atoms with Gasteiger partial charge >= 0.3 is 6.18 Å². The van der Waals surface area contributed by atoms with Gasteiger partial charge in [0.25, 0.3) is 11.8 Å². The van der Waals surface area contributed by atoms with Crippen LogP contribution < -0.4 is 15.0 Å². The van der Waals surface area contributed by atoms with Gasteiger partial charge in [-0.05, 0) is 70.7 Å². The van der Waals surface area contributed by atoms with E-state index in [2.05, 4.69) is 44.1 Å². The third-order valence-electron chi connectivity index (χ3n) is 8.41. The first-order valence-corrected chi connectivity index (χ1v) is 15.0. The van der Waals surface area contributed by atoms with Gasteiger partial charge in [0.15, 0.2) is 5.82 Å². The second kappa shape index (κ2) is 13.7. The van der Waals surface area contributed by atoms with Crippen LogP contribution in [0.25, 0.3) is 0 Å². The highest BCUT2D eigenvalue weighted by Gasteiger charge is 2.50. The smallest absolute Gasteiger partial charge is 0.401 e. The normalized spacial score (nSPS) is 17.5. The van der Waals surface area contributed by atoms with Crippen LogP contribution in [-0.2, 0) is 0 Å². The Bertz CT molecular complexity index is 1240. The highest BCUT2D eigenvalue weighted by atomic mass is 19.4. The number of carbonyl (C=O) groups is 1. The Morgan fingerprint density at radius 1 is 1.19 bits per heavy atom. The van der Waals surface area contributed by atoms with Crippen molar-refractivity contribution >= 4 is 11.7 Å². The fourth-order valence-electron chi connectivity index (χ4n) is 6.33. The number of ether oxygens (including phenoxy) is 1. The number of hydrogen-bond acceptors (Lipinski definition) is 8. The number of halogens is 4. The first-order valence-electron chi connectivity index (χ1n) is 15.0. The Kier molecular flexibility index (Phi) is 10.5. The summed E-state index contributed by atoms with van der Waals surface area (Å²) in [5.41, 5.74) is 0.174. The molecule has 13 heteroatoms. The fourth-order valence-corrected chi connectivity index (χ4v) is 6.33. The summed E-state index contributed by atoms with van der Waals surface area (Å²) in [6.45, 7) is 13.1. The summed E-state index contributed by atoms with van der Waals surface area (Å²) in [6, 6.07) is 4.07. The van der Waals surface area contributed by atoms with Crippen LogP contribution in [-0.4, -0.2) is 95.0 Å². The molecule has 1 aromatic carbocycles. The SMILES string of the molecule is CCN(C(=O)c1cc(F)ccc1Oc1nncnc1N1CCC2(C1)CN(C(CCCNCC(F)(F)F)C(C)C)C2)C(C)C. The van der Waals surface area contributed by atoms with Crippen molar-refractivity contribution < 1.29 is 27.1 Å². The van der Waals surface area contributed by atoms with Crippen LogP contribution in [0.3, 0.4) is 0 Å². The monoisotopic (exact) mass is 609 g/mol. The van der Waals surface area contributed by atoms with E-state index < -0.39 is 18.5 Å². The molecule has 1 unspecified atom stereocenters. The largest absolute Gasteiger partial charge is 0.434 e. The van der Waals surface area contributed by atoms with E-state index in [1.54, 1.807) is 4.90 Å². The van der Waals surface area contributed by atoms with E-state index in [1.807, 2.05) is 20.8 Å². The van der Waals surface area contributed by atoms with E-state index in [1.165, 1.54) is 24.5 Å². The Balaban J connectivity index is 1.41. The van der Waals surface area contributed by atoms with Crippen LogP contribution in [0.4, 0.5) is 23.4 Å². The van der Waals surface area contributed by atoms with Crippen LogP contribution in [0, 0.1) is 17.2 Å². The molecule has 2 fully saturated rings. The van der Waals surface area contributed by atoms with Gasteiger partial charge in [-0.15, -0.1) is 10.2 Å². The maximum atomic E-state index is 14.2. The molecule has 1 spiro atoms. The molecular weight excluding hydrogens is 566 g/mol. The minimum absolute atomic E-state index is 0.0692. The molecule has 0 aliphatic carbocycles. The summed E-state index contributed by atoms with van der Waals surface area (Å²) in [6.07, 6.45) is -0.367. The fraction of sp³-hybridized carbons (Fsp3) is 0.667. The predicted molar refractivity (Wildman–Crippen MR) is 156 cm³/mol. The lowest BCUT2D eigenvalue weighted by atomic mass is 9.76. The van der Waals surface area contributed by atoms with Gasteiger partial charge < -0.3 is 19.9 Å². The summed E-state index contributed by atoms with van der Waals surface area (Å²) in [7, 11) is 0. The molecule has 2 aromatic rings. The third kappa shape index (κ3) is 8.11. The molecule has 1 N–H and O–H groups in total. The molecule has 1 atom stereocenters. The maximum absolute atomic E-state index is 14.2. The highest BCUT2D eigenvalue weighted by Crippen LogP contribution is 2.44. The second-order valence-corrected chi connectivity index (χ2v) is 12.3. The van der Waals surface area contributed by atoms with Gasteiger partial charge in [-0.2, -0.15) is 13.2 Å². The van der Waals surface area contributed by atoms with Gasteiger partial charge in [-0.1, -0.05) is 13.8 Å². The first-order chi connectivity index (χ1) is 20.3. The number of amides is 1. The molecule has 4 rings (SSSR count). The topological polar surface area (TPSA) is 86.7 Å². The summed E-state index contributed by atoms with van der Waals surface area (Å²) in [5.74, 6) is 0.353. The van der Waals surface area contributed by atoms with E-state index >= 15 is 0 Å². The maximum Gasteiger partial charge on any atom is 0.401 e. The average Bonchev–Trinajstić information content (AvgIpc) is 3.36. The molecule has 2 aliphatic heterocycles. The molecule has 9 nitrogen and oxygen atoms in total. The second-order valence-electron chi connectivity index (χ2n) is 12.3. The van der Waals surface area contributed by atoms with Crippen LogP contribution in [0.2, 0.25) is 0 Å². The van der Waals surface area contributed by atoms with E-state index in [0.717, 1.165) is 39.0 Å². The number of aromatic nitrogens is 3. The van der Waals surface area contributed by atoms with Crippen LogP contribution in [0.1, 0.15) is 64.2 Å². The Labute approximate surface area is 251 Å². The molecule has 1 aromatic heterocycles. The number of benzene rings is 1. The van der Waals surface area contributed by atoms with Gasteiger partial charge in [0.2, 0.25) is 0 Å². The summed E-state index contributed by atoms with van der Waals surface area (Å²) in [4.78, 5) is 23.9. The van der Waals surface area contributed by atoms with Crippen LogP contribution in [0.15, 0.2) is 24.5 Å². The zero-order valence-electron chi connectivity index (χ0n) is 25.6. The molecule has 43 heavy (non-hydrogen) atoms. The molecule has 2 saturated heterocycles. The Hall–Kier alpha value is -3.06. The van der Waals surface area contributed by atoms with E-state index in [9.17, 15) is 22.4 Å². The zero-order valence-corrected chi connectivity index (χ0v) is 25.6. The molecule has 0 saturated carbocycles. The van der Waals surface area contributed by atoms with Gasteiger partial charge in [0.05, 0.1) is 12.1 Å². The van der Waals surface area contributed by atoms with Crippen molar-refractivity contribution in [3.05, 3.63) is 35.9 Å². The van der Waals surface area contributed by atoms with Crippen molar-refractivity contribution in [2.45, 2.75) is 72.1 Å². The van der Waals surface area contributed by atoms with Crippen molar-refractivity contribution in [2.75, 3.05) is 50.7 Å². The molecule has 0 radical (unpaired) electrons.